The molecule has 2 rings (SSSR count). The molecule has 1 aliphatic heterocycles. The first-order chi connectivity index (χ1) is 12.4. The normalized spacial score (nSPS) is 24.6. The molecule has 0 radical (unpaired) electrons. The third-order valence-electron chi connectivity index (χ3n) is 4.63. The van der Waals surface area contributed by atoms with Crippen LogP contribution in [-0.4, -0.2) is 75.7 Å². The molecular weight excluding hydrogens is 460 g/mol. The highest BCUT2D eigenvalue weighted by molar-refractivity contribution is 9.10. The zero-order valence-electron chi connectivity index (χ0n) is 15.7. The van der Waals surface area contributed by atoms with Gasteiger partial charge in [-0.1, -0.05) is 22.9 Å². The molecule has 0 unspecified atom stereocenters. The van der Waals surface area contributed by atoms with E-state index in [1.54, 1.807) is 26.0 Å². The SMILES string of the molecule is C[C@H]1CN([C@@H](C)CO)S(=O)(=O)c2ccc(Br)cc2O[C@@H]1CN(C)S(C)(=O)=O. The molecule has 1 aromatic carbocycles. The zero-order chi connectivity index (χ0) is 20.6. The maximum absolute atomic E-state index is 13.1. The summed E-state index contributed by atoms with van der Waals surface area (Å²) in [7, 11) is -5.85. The lowest BCUT2D eigenvalue weighted by Gasteiger charge is -2.37. The molecule has 1 aliphatic rings. The summed E-state index contributed by atoms with van der Waals surface area (Å²) in [5.74, 6) is -0.164. The Kier molecular flexibility index (Phi) is 6.97. The van der Waals surface area contributed by atoms with Crippen molar-refractivity contribution in [2.45, 2.75) is 30.9 Å². The summed E-state index contributed by atoms with van der Waals surface area (Å²) in [6.07, 6.45) is 0.539. The van der Waals surface area contributed by atoms with Gasteiger partial charge in [0.05, 0.1) is 19.4 Å². The molecule has 0 spiro atoms. The van der Waals surface area contributed by atoms with Crippen molar-refractivity contribution < 1.29 is 26.7 Å². The second-order valence-corrected chi connectivity index (χ2v) is 11.7. The van der Waals surface area contributed by atoms with Gasteiger partial charge in [-0.05, 0) is 25.1 Å². The predicted molar refractivity (Wildman–Crippen MR) is 106 cm³/mol. The Labute approximate surface area is 169 Å². The van der Waals surface area contributed by atoms with E-state index in [2.05, 4.69) is 15.9 Å². The summed E-state index contributed by atoms with van der Waals surface area (Å²) >= 11 is 3.31. The van der Waals surface area contributed by atoms with Gasteiger partial charge in [0.25, 0.3) is 0 Å². The van der Waals surface area contributed by atoms with Gasteiger partial charge in [0.1, 0.15) is 16.7 Å². The van der Waals surface area contributed by atoms with Crippen LogP contribution >= 0.6 is 15.9 Å². The molecular formula is C16H25BrN2O6S2. The summed E-state index contributed by atoms with van der Waals surface area (Å²) in [5, 5.41) is 9.55. The fourth-order valence-electron chi connectivity index (χ4n) is 2.81. The van der Waals surface area contributed by atoms with E-state index in [9.17, 15) is 21.9 Å². The summed E-state index contributed by atoms with van der Waals surface area (Å²) in [5.41, 5.74) is 0. The van der Waals surface area contributed by atoms with Crippen LogP contribution in [0.3, 0.4) is 0 Å². The number of nitrogens with zero attached hydrogens (tertiary/aromatic N) is 2. The van der Waals surface area contributed by atoms with Gasteiger partial charge in [-0.15, -0.1) is 0 Å². The maximum Gasteiger partial charge on any atom is 0.247 e. The lowest BCUT2D eigenvalue weighted by molar-refractivity contribution is 0.0905. The van der Waals surface area contributed by atoms with E-state index < -0.39 is 32.2 Å². The van der Waals surface area contributed by atoms with Crippen molar-refractivity contribution >= 4 is 36.0 Å². The van der Waals surface area contributed by atoms with E-state index in [0.717, 1.165) is 6.26 Å². The van der Waals surface area contributed by atoms with Gasteiger partial charge in [-0.2, -0.15) is 4.31 Å². The van der Waals surface area contributed by atoms with E-state index >= 15 is 0 Å². The van der Waals surface area contributed by atoms with Crippen LogP contribution in [0.2, 0.25) is 0 Å². The third-order valence-corrected chi connectivity index (χ3v) is 8.43. The Hall–Kier alpha value is -0.720. The van der Waals surface area contributed by atoms with E-state index in [0.29, 0.717) is 4.47 Å². The smallest absolute Gasteiger partial charge is 0.247 e. The monoisotopic (exact) mass is 484 g/mol. The minimum atomic E-state index is -3.89. The number of sulfonamides is 2. The minimum Gasteiger partial charge on any atom is -0.487 e. The number of fused-ring (bicyclic) bond motifs is 1. The fraction of sp³-hybridized carbons (Fsp3) is 0.625. The molecule has 0 aromatic heterocycles. The number of hydrogen-bond donors (Lipinski definition) is 1. The Bertz CT molecular complexity index is 890. The van der Waals surface area contributed by atoms with Crippen LogP contribution in [0, 0.1) is 5.92 Å². The maximum atomic E-state index is 13.1. The molecule has 0 aliphatic carbocycles. The molecule has 11 heteroatoms. The van der Waals surface area contributed by atoms with E-state index in [4.69, 9.17) is 4.74 Å². The Morgan fingerprint density at radius 1 is 1.44 bits per heavy atom. The molecule has 0 saturated heterocycles. The Morgan fingerprint density at radius 2 is 2.07 bits per heavy atom. The van der Waals surface area contributed by atoms with Crippen molar-refractivity contribution in [2.75, 3.05) is 33.0 Å². The Balaban J connectivity index is 2.56. The second kappa shape index (κ2) is 8.34. The first-order valence-corrected chi connectivity index (χ1v) is 12.5. The number of aliphatic hydroxyl groups excluding tert-OH is 1. The number of halogens is 1. The minimum absolute atomic E-state index is 0.00934. The molecule has 1 heterocycles. The fourth-order valence-corrected chi connectivity index (χ4v) is 5.39. The molecule has 0 amide bonds. The van der Waals surface area contributed by atoms with Crippen molar-refractivity contribution in [3.63, 3.8) is 0 Å². The molecule has 0 bridgehead atoms. The van der Waals surface area contributed by atoms with E-state index in [1.807, 2.05) is 0 Å². The van der Waals surface area contributed by atoms with Crippen LogP contribution in [0.1, 0.15) is 13.8 Å². The van der Waals surface area contributed by atoms with Gasteiger partial charge in [0, 0.05) is 30.0 Å². The number of hydrogen-bond acceptors (Lipinski definition) is 6. The highest BCUT2D eigenvalue weighted by Crippen LogP contribution is 2.35. The number of rotatable bonds is 5. The van der Waals surface area contributed by atoms with Crippen molar-refractivity contribution in [2.24, 2.45) is 5.92 Å². The first-order valence-electron chi connectivity index (χ1n) is 8.38. The highest BCUT2D eigenvalue weighted by Gasteiger charge is 2.38. The third kappa shape index (κ3) is 5.01. The van der Waals surface area contributed by atoms with Gasteiger partial charge >= 0.3 is 0 Å². The molecule has 0 fully saturated rings. The average molecular weight is 485 g/mol. The van der Waals surface area contributed by atoms with Crippen LogP contribution in [0.25, 0.3) is 0 Å². The summed E-state index contributed by atoms with van der Waals surface area (Å²) in [4.78, 5) is -0.00934. The molecule has 0 saturated carbocycles. The van der Waals surface area contributed by atoms with Crippen molar-refractivity contribution in [3.8, 4) is 5.75 Å². The van der Waals surface area contributed by atoms with Gasteiger partial charge in [0.15, 0.2) is 0 Å². The molecule has 1 aromatic rings. The van der Waals surface area contributed by atoms with Crippen LogP contribution in [0.15, 0.2) is 27.6 Å². The molecule has 27 heavy (non-hydrogen) atoms. The molecule has 1 N–H and O–H groups in total. The van der Waals surface area contributed by atoms with Crippen LogP contribution < -0.4 is 4.74 Å². The zero-order valence-corrected chi connectivity index (χ0v) is 18.9. The summed E-state index contributed by atoms with van der Waals surface area (Å²) < 4.78 is 59.0. The van der Waals surface area contributed by atoms with Gasteiger partial charge in [-0.3, -0.25) is 0 Å². The average Bonchev–Trinajstić information content (AvgIpc) is 2.56. The lowest BCUT2D eigenvalue weighted by Crippen LogP contribution is -2.50. The lowest BCUT2D eigenvalue weighted by atomic mass is 10.0. The van der Waals surface area contributed by atoms with Crippen molar-refractivity contribution in [1.29, 1.82) is 0 Å². The van der Waals surface area contributed by atoms with E-state index in [1.165, 1.54) is 21.7 Å². The van der Waals surface area contributed by atoms with Crippen LogP contribution in [-0.2, 0) is 20.0 Å². The Morgan fingerprint density at radius 3 is 2.63 bits per heavy atom. The van der Waals surface area contributed by atoms with Gasteiger partial charge in [0.2, 0.25) is 20.0 Å². The van der Waals surface area contributed by atoms with Crippen molar-refractivity contribution in [3.05, 3.63) is 22.7 Å². The largest absolute Gasteiger partial charge is 0.487 e. The van der Waals surface area contributed by atoms with Gasteiger partial charge in [-0.25, -0.2) is 21.1 Å². The number of likely N-dealkylation sites (N-methyl/N-ethyl adjacent to an activating group) is 1. The number of ether oxygens (including phenoxy) is 1. The topological polar surface area (TPSA) is 104 Å². The van der Waals surface area contributed by atoms with E-state index in [-0.39, 0.29) is 36.3 Å². The first kappa shape index (κ1) is 22.6. The molecule has 154 valence electrons. The molecule has 3 atom stereocenters. The van der Waals surface area contributed by atoms with Crippen molar-refractivity contribution in [1.82, 2.24) is 8.61 Å². The van der Waals surface area contributed by atoms with Crippen LogP contribution in [0.4, 0.5) is 0 Å². The number of aliphatic hydroxyl groups is 1. The summed E-state index contributed by atoms with van der Waals surface area (Å²) in [6, 6.07) is 3.98. The highest BCUT2D eigenvalue weighted by atomic mass is 79.9. The van der Waals surface area contributed by atoms with Crippen LogP contribution in [0.5, 0.6) is 5.75 Å². The molecule has 8 nitrogen and oxygen atoms in total. The summed E-state index contributed by atoms with van der Waals surface area (Å²) in [6.45, 7) is 3.28. The standard InChI is InChI=1S/C16H25BrN2O6S2/c1-11-8-19(12(2)10-20)27(23,24)16-6-5-13(17)7-14(16)25-15(11)9-18(3)26(4,21)22/h5-7,11-12,15,20H,8-10H2,1-4H3/t11-,12-,15+/m0/s1. The number of benzene rings is 1. The van der Waals surface area contributed by atoms with Gasteiger partial charge < -0.3 is 9.84 Å². The second-order valence-electron chi connectivity index (χ2n) is 6.87. The quantitative estimate of drug-likeness (QED) is 0.670. The predicted octanol–water partition coefficient (Wildman–Crippen LogP) is 1.11.